The number of aliphatic hydroxyl groups excluding tert-OH is 2. The third-order valence-corrected chi connectivity index (χ3v) is 1.98. The molecule has 0 amide bonds. The van der Waals surface area contributed by atoms with Gasteiger partial charge in [0.05, 0.1) is 0 Å². The molecular weight excluding hydrogens is 164 g/mol. The van der Waals surface area contributed by atoms with E-state index in [-0.39, 0.29) is 13.2 Å². The van der Waals surface area contributed by atoms with Crippen LogP contribution >= 0.6 is 0 Å². The van der Waals surface area contributed by atoms with Crippen molar-refractivity contribution in [3.63, 3.8) is 0 Å². The first-order valence-corrected chi connectivity index (χ1v) is 4.42. The fraction of sp³-hybridized carbons (Fsp3) is 0.455. The number of hydrogen-bond acceptors (Lipinski definition) is 2. The molecule has 0 fully saturated rings. The fourth-order valence-electron chi connectivity index (χ4n) is 1.25. The minimum Gasteiger partial charge on any atom is -0.396 e. The molecule has 13 heavy (non-hydrogen) atoms. The molecule has 0 spiro atoms. The highest BCUT2D eigenvalue weighted by Crippen LogP contribution is 2.10. The number of hydrogen-bond donors (Lipinski definition) is 2. The van der Waals surface area contributed by atoms with Gasteiger partial charge in [-0.2, -0.15) is 0 Å². The highest BCUT2D eigenvalue weighted by molar-refractivity contribution is 5.29. The summed E-state index contributed by atoms with van der Waals surface area (Å²) in [7, 11) is 0. The lowest BCUT2D eigenvalue weighted by Gasteiger charge is -2.05. The van der Waals surface area contributed by atoms with Gasteiger partial charge in [0.2, 0.25) is 0 Å². The van der Waals surface area contributed by atoms with Crippen molar-refractivity contribution in [3.05, 3.63) is 34.9 Å². The molecule has 1 rings (SSSR count). The third kappa shape index (κ3) is 2.83. The molecule has 0 bridgehead atoms. The molecule has 1 aromatic carbocycles. The summed E-state index contributed by atoms with van der Waals surface area (Å²) in [5.74, 6) is 0. The predicted molar refractivity (Wildman–Crippen MR) is 50.4 cm³/mol. The van der Waals surface area contributed by atoms with E-state index >= 15 is 0 Å². The smallest absolute Gasteiger partial charge is 0.0471 e. The van der Waals surface area contributed by atoms with Crippen molar-refractivity contribution in [1.29, 1.82) is 0 Å². The minimum absolute atomic E-state index is 0.131. The highest BCUT2D eigenvalue weighted by atomic mass is 16.3. The first-order chi connectivity index (χ1) is 6.27. The lowest BCUT2D eigenvalue weighted by atomic mass is 10.0. The maximum absolute atomic E-state index is 8.75. The number of aliphatic hydroxyl groups is 2. The lowest BCUT2D eigenvalue weighted by molar-refractivity contribution is 0.298. The fourth-order valence-corrected chi connectivity index (χ4v) is 1.25. The Labute approximate surface area is 78.8 Å². The average molecular weight is 178 g/mol. The van der Waals surface area contributed by atoms with Gasteiger partial charge in [-0.3, -0.25) is 0 Å². The van der Waals surface area contributed by atoms with E-state index in [0.717, 1.165) is 16.7 Å². The van der Waals surface area contributed by atoms with Crippen molar-refractivity contribution in [2.24, 2.45) is 0 Å². The zero-order chi connectivity index (χ0) is 9.68. The summed E-state index contributed by atoms with van der Waals surface area (Å²) in [6.07, 6.45) is 1.25. The Morgan fingerprint density at radius 2 is 1.92 bits per heavy atom. The molecule has 0 unspecified atom stereocenters. The highest BCUT2D eigenvalue weighted by Gasteiger charge is 2.00. The van der Waals surface area contributed by atoms with Gasteiger partial charge in [0.25, 0.3) is 0 Å². The van der Waals surface area contributed by atoms with Crippen molar-refractivity contribution in [3.8, 4) is 0 Å². The Kier molecular flexibility index (Phi) is 3.93. The predicted octanol–water partition coefficient (Wildman–Crippen LogP) is 0.665. The maximum Gasteiger partial charge on any atom is 0.0471 e. The minimum atomic E-state index is 0.131. The Morgan fingerprint density at radius 1 is 1.23 bits per heavy atom. The van der Waals surface area contributed by atoms with Crippen LogP contribution in [0.4, 0.5) is 0 Å². The van der Waals surface area contributed by atoms with Crippen molar-refractivity contribution in [2.75, 3.05) is 13.2 Å². The number of benzene rings is 1. The van der Waals surface area contributed by atoms with Crippen LogP contribution in [0.2, 0.25) is 0 Å². The quantitative estimate of drug-likeness (QED) is 0.711. The van der Waals surface area contributed by atoms with E-state index in [0.29, 0.717) is 12.8 Å². The summed E-state index contributed by atoms with van der Waals surface area (Å²) in [5, 5.41) is 17.5. The van der Waals surface area contributed by atoms with Gasteiger partial charge in [-0.1, -0.05) is 6.07 Å². The summed E-state index contributed by atoms with van der Waals surface area (Å²) in [5.41, 5.74) is 3.02. The van der Waals surface area contributed by atoms with E-state index in [1.807, 2.05) is 13.0 Å². The Hall–Kier alpha value is -0.860. The van der Waals surface area contributed by atoms with Crippen molar-refractivity contribution >= 4 is 0 Å². The lowest BCUT2D eigenvalue weighted by Crippen LogP contribution is -1.98. The third-order valence-electron chi connectivity index (χ3n) is 1.98. The van der Waals surface area contributed by atoms with Gasteiger partial charge in [-0.15, -0.1) is 0 Å². The van der Waals surface area contributed by atoms with E-state index < -0.39 is 0 Å². The summed E-state index contributed by atoms with van der Waals surface area (Å²) >= 11 is 0. The van der Waals surface area contributed by atoms with Crippen LogP contribution in [0.5, 0.6) is 0 Å². The zero-order valence-electron chi connectivity index (χ0n) is 7.80. The molecule has 0 aliphatic carbocycles. The molecule has 0 aliphatic heterocycles. The number of rotatable bonds is 4. The molecule has 70 valence electrons. The topological polar surface area (TPSA) is 40.5 Å². The molecule has 0 atom stereocenters. The van der Waals surface area contributed by atoms with E-state index in [9.17, 15) is 0 Å². The summed E-state index contributed by atoms with van der Waals surface area (Å²) in [6, 6.07) is 8.04. The summed E-state index contributed by atoms with van der Waals surface area (Å²) in [4.78, 5) is 0. The second-order valence-electron chi connectivity index (χ2n) is 2.99. The van der Waals surface area contributed by atoms with Gasteiger partial charge >= 0.3 is 0 Å². The van der Waals surface area contributed by atoms with Gasteiger partial charge in [0.1, 0.15) is 0 Å². The van der Waals surface area contributed by atoms with Crippen LogP contribution in [0.1, 0.15) is 16.7 Å². The van der Waals surface area contributed by atoms with Crippen LogP contribution in [0.25, 0.3) is 0 Å². The molecule has 0 saturated carbocycles. The first-order valence-electron chi connectivity index (χ1n) is 4.42. The van der Waals surface area contributed by atoms with Crippen LogP contribution in [0.3, 0.4) is 0 Å². The van der Waals surface area contributed by atoms with Crippen LogP contribution in [0.15, 0.2) is 6.07 Å². The van der Waals surface area contributed by atoms with Crippen LogP contribution in [0, 0.1) is 19.1 Å². The molecule has 0 aliphatic rings. The maximum atomic E-state index is 8.75. The normalized spacial score (nSPS) is 10.4. The van der Waals surface area contributed by atoms with E-state index in [1.165, 1.54) is 0 Å². The first kappa shape index (κ1) is 10.2. The summed E-state index contributed by atoms with van der Waals surface area (Å²) in [6.45, 7) is 2.24. The van der Waals surface area contributed by atoms with Gasteiger partial charge in [-0.05, 0) is 48.6 Å². The van der Waals surface area contributed by atoms with Crippen LogP contribution in [-0.4, -0.2) is 23.4 Å². The van der Waals surface area contributed by atoms with Gasteiger partial charge < -0.3 is 10.2 Å². The Bertz CT molecular complexity index is 269. The molecule has 0 heterocycles. The van der Waals surface area contributed by atoms with Gasteiger partial charge in [0, 0.05) is 13.2 Å². The van der Waals surface area contributed by atoms with Gasteiger partial charge in [0.15, 0.2) is 0 Å². The molecule has 1 aromatic rings. The number of aryl methyl sites for hydroxylation is 1. The zero-order valence-corrected chi connectivity index (χ0v) is 7.80. The molecule has 0 aromatic heterocycles. The van der Waals surface area contributed by atoms with E-state index in [2.05, 4.69) is 12.1 Å². The van der Waals surface area contributed by atoms with E-state index in [1.54, 1.807) is 0 Å². The second kappa shape index (κ2) is 5.00. The van der Waals surface area contributed by atoms with Gasteiger partial charge in [-0.25, -0.2) is 0 Å². The van der Waals surface area contributed by atoms with Crippen molar-refractivity contribution in [1.82, 2.24) is 0 Å². The molecule has 0 saturated heterocycles. The molecular formula is C11H14O2. The second-order valence-corrected chi connectivity index (χ2v) is 2.99. The monoisotopic (exact) mass is 178 g/mol. The van der Waals surface area contributed by atoms with Crippen LogP contribution < -0.4 is 0 Å². The largest absolute Gasteiger partial charge is 0.396 e. The van der Waals surface area contributed by atoms with Crippen molar-refractivity contribution in [2.45, 2.75) is 19.8 Å². The molecule has 2 N–H and O–H groups in total. The Balaban J connectivity index is 2.79. The standard InChI is InChI=1S/C11H14O2/c1-9-8-10(4-6-12)2-3-11(9)5-7-13/h3,12-13H,4-7H2,1H3. The SMILES string of the molecule is Cc1[c]c(CCO)[c]cc1CCO. The molecule has 2 radical (unpaired) electrons. The van der Waals surface area contributed by atoms with Crippen LogP contribution in [-0.2, 0) is 12.8 Å². The Morgan fingerprint density at radius 3 is 2.46 bits per heavy atom. The van der Waals surface area contributed by atoms with Crippen molar-refractivity contribution < 1.29 is 10.2 Å². The van der Waals surface area contributed by atoms with E-state index in [4.69, 9.17) is 10.2 Å². The molecule has 2 heteroatoms. The molecule has 2 nitrogen and oxygen atoms in total. The summed E-state index contributed by atoms with van der Waals surface area (Å²) < 4.78 is 0. The average Bonchev–Trinajstić information content (AvgIpc) is 2.10.